The van der Waals surface area contributed by atoms with Crippen LogP contribution in [0.2, 0.25) is 0 Å². The molecule has 0 fully saturated rings. The van der Waals surface area contributed by atoms with E-state index in [0.29, 0.717) is 31.0 Å². The van der Waals surface area contributed by atoms with Crippen LogP contribution in [0.1, 0.15) is 38.7 Å². The first-order valence-corrected chi connectivity index (χ1v) is 10.4. The third-order valence-corrected chi connectivity index (χ3v) is 5.06. The Kier molecular flexibility index (Phi) is 8.64. The van der Waals surface area contributed by atoms with E-state index in [1.54, 1.807) is 19.9 Å². The number of hydrogen-bond acceptors (Lipinski definition) is 7. The van der Waals surface area contributed by atoms with Crippen LogP contribution < -0.4 is 26.6 Å². The summed E-state index contributed by atoms with van der Waals surface area (Å²) in [5.41, 5.74) is 13.2. The van der Waals surface area contributed by atoms with Crippen molar-refractivity contribution in [2.45, 2.75) is 45.3 Å². The number of nitrogens with zero attached hydrogens (tertiary/aromatic N) is 2. The highest BCUT2D eigenvalue weighted by atomic mass is 16.6. The number of rotatable bonds is 8. The van der Waals surface area contributed by atoms with Gasteiger partial charge in [-0.25, -0.2) is 9.59 Å². The Morgan fingerprint density at radius 2 is 1.94 bits per heavy atom. The van der Waals surface area contributed by atoms with Crippen LogP contribution in [-0.2, 0) is 14.3 Å². The van der Waals surface area contributed by atoms with Gasteiger partial charge in [0, 0.05) is 32.0 Å². The number of nitrogens with one attached hydrogen (secondary N) is 1. The molecular weight excluding hydrogens is 402 g/mol. The van der Waals surface area contributed by atoms with Gasteiger partial charge in [0.1, 0.15) is 0 Å². The van der Waals surface area contributed by atoms with Crippen LogP contribution in [0.25, 0.3) is 0 Å². The topological polar surface area (TPSA) is 140 Å². The molecule has 10 heteroatoms. The van der Waals surface area contributed by atoms with Gasteiger partial charge in [0.2, 0.25) is 5.91 Å². The molecule has 1 heterocycles. The summed E-state index contributed by atoms with van der Waals surface area (Å²) >= 11 is 0. The molecule has 1 aliphatic rings. The van der Waals surface area contributed by atoms with Crippen molar-refractivity contribution in [1.82, 2.24) is 5.32 Å². The number of hydrogen-bond donors (Lipinski definition) is 3. The average Bonchev–Trinajstić information content (AvgIpc) is 2.71. The summed E-state index contributed by atoms with van der Waals surface area (Å²) in [7, 11) is 1.32. The van der Waals surface area contributed by atoms with Gasteiger partial charge in [0.05, 0.1) is 37.2 Å². The monoisotopic (exact) mass is 435 g/mol. The van der Waals surface area contributed by atoms with E-state index in [4.69, 9.17) is 20.9 Å². The van der Waals surface area contributed by atoms with Gasteiger partial charge in [-0.05, 0) is 38.5 Å². The fourth-order valence-electron chi connectivity index (χ4n) is 3.54. The van der Waals surface area contributed by atoms with Gasteiger partial charge in [-0.3, -0.25) is 14.6 Å². The molecule has 2 rings (SSSR count). The molecule has 1 aromatic carbocycles. The number of ether oxygens (including phenoxy) is 2. The standard InChI is InChI=1S/C21H33N5O5/c1-13(2)31-20(28)25-12-14(3)26(21(29)30-4)17-6-5-15(9-18(17)25)16(10-22)11-24-8-7-19(23)27/h5-6,9,13-14,16,24H,7-8,10-12,22H2,1-4H3,(H2,23,27)/t14-,16?/m0/s1. The molecule has 0 saturated heterocycles. The van der Waals surface area contributed by atoms with Crippen LogP contribution in [0.3, 0.4) is 0 Å². The molecule has 10 nitrogen and oxygen atoms in total. The van der Waals surface area contributed by atoms with Crippen molar-refractivity contribution in [3.05, 3.63) is 23.8 Å². The molecule has 172 valence electrons. The molecular formula is C21H33N5O5. The second kappa shape index (κ2) is 11.0. The quantitative estimate of drug-likeness (QED) is 0.526. The first-order valence-electron chi connectivity index (χ1n) is 10.4. The molecule has 1 aromatic rings. The number of fused-ring (bicyclic) bond motifs is 1. The summed E-state index contributed by atoms with van der Waals surface area (Å²) in [5, 5.41) is 3.18. The zero-order valence-corrected chi connectivity index (χ0v) is 18.6. The number of benzene rings is 1. The lowest BCUT2D eigenvalue weighted by Gasteiger charge is -2.40. The normalized spacial score (nSPS) is 16.6. The van der Waals surface area contributed by atoms with E-state index in [-0.39, 0.29) is 36.9 Å². The van der Waals surface area contributed by atoms with Crippen LogP contribution >= 0.6 is 0 Å². The molecule has 3 amide bonds. The third-order valence-electron chi connectivity index (χ3n) is 5.06. The highest BCUT2D eigenvalue weighted by Crippen LogP contribution is 2.38. The van der Waals surface area contributed by atoms with Crippen molar-refractivity contribution in [2.75, 3.05) is 43.1 Å². The Balaban J connectivity index is 2.38. The predicted molar refractivity (Wildman–Crippen MR) is 118 cm³/mol. The minimum Gasteiger partial charge on any atom is -0.452 e. The Morgan fingerprint density at radius 3 is 2.52 bits per heavy atom. The molecule has 31 heavy (non-hydrogen) atoms. The summed E-state index contributed by atoms with van der Waals surface area (Å²) < 4.78 is 10.4. The first kappa shape index (κ1) is 24.4. The van der Waals surface area contributed by atoms with E-state index in [1.165, 1.54) is 16.9 Å². The molecule has 0 spiro atoms. The van der Waals surface area contributed by atoms with Gasteiger partial charge in [0.25, 0.3) is 0 Å². The molecule has 2 atom stereocenters. The summed E-state index contributed by atoms with van der Waals surface area (Å²) in [4.78, 5) is 39.2. The maximum atomic E-state index is 12.8. The zero-order valence-electron chi connectivity index (χ0n) is 18.6. The van der Waals surface area contributed by atoms with E-state index in [9.17, 15) is 14.4 Å². The van der Waals surface area contributed by atoms with Crippen LogP contribution in [0, 0.1) is 0 Å². The highest BCUT2D eigenvalue weighted by molar-refractivity contribution is 6.00. The average molecular weight is 436 g/mol. The second-order valence-corrected chi connectivity index (χ2v) is 7.83. The maximum Gasteiger partial charge on any atom is 0.414 e. The zero-order chi connectivity index (χ0) is 23.1. The Hall–Kier alpha value is -2.85. The smallest absolute Gasteiger partial charge is 0.414 e. The van der Waals surface area contributed by atoms with Crippen LogP contribution in [0.5, 0.6) is 0 Å². The molecule has 0 bridgehead atoms. The fourth-order valence-corrected chi connectivity index (χ4v) is 3.54. The van der Waals surface area contributed by atoms with Crippen molar-refractivity contribution in [3.63, 3.8) is 0 Å². The summed E-state index contributed by atoms with van der Waals surface area (Å²) in [5.74, 6) is -0.436. The van der Waals surface area contributed by atoms with Gasteiger partial charge in [-0.15, -0.1) is 0 Å². The summed E-state index contributed by atoms with van der Waals surface area (Å²) in [6.07, 6.45) is -1.02. The molecule has 5 N–H and O–H groups in total. The molecule has 0 aliphatic carbocycles. The molecule has 0 radical (unpaired) electrons. The number of carbonyl (C=O) groups is 3. The number of anilines is 2. The molecule has 1 aliphatic heterocycles. The van der Waals surface area contributed by atoms with E-state index < -0.39 is 12.2 Å². The number of nitrogens with two attached hydrogens (primary N) is 2. The van der Waals surface area contributed by atoms with Gasteiger partial charge >= 0.3 is 12.2 Å². The Morgan fingerprint density at radius 1 is 1.23 bits per heavy atom. The lowest BCUT2D eigenvalue weighted by molar-refractivity contribution is -0.117. The second-order valence-electron chi connectivity index (χ2n) is 7.83. The van der Waals surface area contributed by atoms with Gasteiger partial charge in [-0.1, -0.05) is 6.07 Å². The third kappa shape index (κ3) is 6.08. The number of methoxy groups -OCH3 is 1. The minimum absolute atomic E-state index is 0.0629. The summed E-state index contributed by atoms with van der Waals surface area (Å²) in [6.45, 7) is 7.02. The van der Waals surface area contributed by atoms with Crippen molar-refractivity contribution < 1.29 is 23.9 Å². The largest absolute Gasteiger partial charge is 0.452 e. The van der Waals surface area contributed by atoms with Gasteiger partial charge in [0.15, 0.2) is 0 Å². The van der Waals surface area contributed by atoms with E-state index >= 15 is 0 Å². The SMILES string of the molecule is COC(=O)N1c2ccc(C(CN)CNCCC(N)=O)cc2N(C(=O)OC(C)C)C[C@@H]1C. The van der Waals surface area contributed by atoms with E-state index in [0.717, 1.165) is 5.56 Å². The molecule has 0 aromatic heterocycles. The summed E-state index contributed by atoms with van der Waals surface area (Å²) in [6, 6.07) is 5.23. The van der Waals surface area contributed by atoms with E-state index in [2.05, 4.69) is 5.32 Å². The number of carbonyl (C=O) groups excluding carboxylic acids is 3. The van der Waals surface area contributed by atoms with Gasteiger partial charge < -0.3 is 26.3 Å². The lowest BCUT2D eigenvalue weighted by atomic mass is 9.96. The molecule has 1 unspecified atom stereocenters. The predicted octanol–water partition coefficient (Wildman–Crippen LogP) is 1.52. The van der Waals surface area contributed by atoms with Crippen LogP contribution in [0.4, 0.5) is 21.0 Å². The van der Waals surface area contributed by atoms with Crippen LogP contribution in [-0.4, -0.2) is 63.5 Å². The van der Waals surface area contributed by atoms with Crippen molar-refractivity contribution >= 4 is 29.5 Å². The fraction of sp³-hybridized carbons (Fsp3) is 0.571. The number of primary amides is 1. The highest BCUT2D eigenvalue weighted by Gasteiger charge is 2.36. The van der Waals surface area contributed by atoms with Crippen molar-refractivity contribution in [3.8, 4) is 0 Å². The first-order chi connectivity index (χ1) is 14.7. The molecule has 0 saturated carbocycles. The lowest BCUT2D eigenvalue weighted by Crippen LogP contribution is -2.52. The Labute approximate surface area is 182 Å². The van der Waals surface area contributed by atoms with E-state index in [1.807, 2.05) is 19.1 Å². The number of amides is 3. The van der Waals surface area contributed by atoms with Crippen LogP contribution in [0.15, 0.2) is 18.2 Å². The van der Waals surface area contributed by atoms with Gasteiger partial charge in [-0.2, -0.15) is 0 Å². The maximum absolute atomic E-state index is 12.8. The van der Waals surface area contributed by atoms with Crippen molar-refractivity contribution in [2.24, 2.45) is 11.5 Å². The minimum atomic E-state index is -0.498. The van der Waals surface area contributed by atoms with Crippen molar-refractivity contribution in [1.29, 1.82) is 0 Å². The Bertz CT molecular complexity index is 800.